The summed E-state index contributed by atoms with van der Waals surface area (Å²) in [4.78, 5) is 26.1. The van der Waals surface area contributed by atoms with Crippen molar-refractivity contribution in [2.45, 2.75) is 39.2 Å². The number of amides is 2. The summed E-state index contributed by atoms with van der Waals surface area (Å²) >= 11 is 0. The highest BCUT2D eigenvalue weighted by atomic mass is 16.2. The van der Waals surface area contributed by atoms with Crippen LogP contribution in [-0.4, -0.2) is 35.8 Å². The van der Waals surface area contributed by atoms with Crippen LogP contribution in [0, 0.1) is 5.92 Å². The molecule has 4 nitrogen and oxygen atoms in total. The summed E-state index contributed by atoms with van der Waals surface area (Å²) in [6.07, 6.45) is 2.53. The maximum Gasteiger partial charge on any atom is 0.251 e. The quantitative estimate of drug-likeness (QED) is 0.925. The molecule has 0 aromatic heterocycles. The summed E-state index contributed by atoms with van der Waals surface area (Å²) in [5.41, 5.74) is 0.628. The van der Waals surface area contributed by atoms with Crippen molar-refractivity contribution < 1.29 is 9.59 Å². The number of carbonyl (C=O) groups is 2. The zero-order chi connectivity index (χ0) is 15.2. The van der Waals surface area contributed by atoms with Gasteiger partial charge in [-0.15, -0.1) is 0 Å². The molecule has 1 atom stereocenters. The fourth-order valence-corrected chi connectivity index (χ4v) is 2.60. The molecule has 1 aromatic carbocycles. The second-order valence-electron chi connectivity index (χ2n) is 6.01. The van der Waals surface area contributed by atoms with Crippen molar-refractivity contribution in [1.29, 1.82) is 0 Å². The summed E-state index contributed by atoms with van der Waals surface area (Å²) in [6.45, 7) is 5.80. The van der Waals surface area contributed by atoms with E-state index in [1.165, 1.54) is 0 Å². The second-order valence-corrected chi connectivity index (χ2v) is 6.01. The molecule has 4 heteroatoms. The Morgan fingerprint density at radius 2 is 1.86 bits per heavy atom. The third kappa shape index (κ3) is 4.59. The van der Waals surface area contributed by atoms with Crippen molar-refractivity contribution in [2.75, 3.05) is 13.1 Å². The van der Waals surface area contributed by atoms with Crippen LogP contribution in [0.3, 0.4) is 0 Å². The number of likely N-dealkylation sites (tertiary alicyclic amines) is 1. The van der Waals surface area contributed by atoms with E-state index in [4.69, 9.17) is 0 Å². The predicted octanol–water partition coefficient (Wildman–Crippen LogP) is 2.45. The van der Waals surface area contributed by atoms with Gasteiger partial charge in [0.15, 0.2) is 0 Å². The molecule has 0 unspecified atom stereocenters. The molecular weight excluding hydrogens is 264 g/mol. The average molecular weight is 288 g/mol. The maximum atomic E-state index is 12.2. The van der Waals surface area contributed by atoms with E-state index < -0.39 is 0 Å². The number of hydrogen-bond acceptors (Lipinski definition) is 2. The van der Waals surface area contributed by atoms with Crippen molar-refractivity contribution in [1.82, 2.24) is 10.2 Å². The SMILES string of the molecule is CC1CCN(C(=O)C[C@H](C)NC(=O)c2ccccc2)CC1. The first-order valence-electron chi connectivity index (χ1n) is 7.70. The van der Waals surface area contributed by atoms with E-state index >= 15 is 0 Å². The molecule has 0 saturated carbocycles. The van der Waals surface area contributed by atoms with E-state index in [2.05, 4.69) is 12.2 Å². The topological polar surface area (TPSA) is 49.4 Å². The lowest BCUT2D eigenvalue weighted by molar-refractivity contribution is -0.132. The number of hydrogen-bond donors (Lipinski definition) is 1. The highest BCUT2D eigenvalue weighted by Crippen LogP contribution is 2.17. The molecule has 0 spiro atoms. The molecule has 1 saturated heterocycles. The summed E-state index contributed by atoms with van der Waals surface area (Å²) in [5, 5.41) is 2.89. The van der Waals surface area contributed by atoms with Crippen LogP contribution in [0.4, 0.5) is 0 Å². The van der Waals surface area contributed by atoms with Gasteiger partial charge in [-0.25, -0.2) is 0 Å². The van der Waals surface area contributed by atoms with Gasteiger partial charge >= 0.3 is 0 Å². The Labute approximate surface area is 126 Å². The van der Waals surface area contributed by atoms with Gasteiger partial charge in [-0.3, -0.25) is 9.59 Å². The van der Waals surface area contributed by atoms with Crippen LogP contribution in [-0.2, 0) is 4.79 Å². The van der Waals surface area contributed by atoms with Crippen LogP contribution in [0.15, 0.2) is 30.3 Å². The molecule has 2 amide bonds. The monoisotopic (exact) mass is 288 g/mol. The van der Waals surface area contributed by atoms with Crippen molar-refractivity contribution in [3.05, 3.63) is 35.9 Å². The van der Waals surface area contributed by atoms with E-state index in [-0.39, 0.29) is 17.9 Å². The predicted molar refractivity (Wildman–Crippen MR) is 83.0 cm³/mol. The Morgan fingerprint density at radius 1 is 1.24 bits per heavy atom. The van der Waals surface area contributed by atoms with Gasteiger partial charge in [0.05, 0.1) is 0 Å². The zero-order valence-electron chi connectivity index (χ0n) is 12.8. The van der Waals surface area contributed by atoms with Gasteiger partial charge in [0.2, 0.25) is 5.91 Å². The maximum absolute atomic E-state index is 12.2. The highest BCUT2D eigenvalue weighted by molar-refractivity contribution is 5.94. The number of rotatable bonds is 4. The van der Waals surface area contributed by atoms with Crippen molar-refractivity contribution in [3.63, 3.8) is 0 Å². The summed E-state index contributed by atoms with van der Waals surface area (Å²) in [5.74, 6) is 0.732. The van der Waals surface area contributed by atoms with E-state index in [1.807, 2.05) is 30.0 Å². The Kier molecular flexibility index (Phi) is 5.37. The van der Waals surface area contributed by atoms with Crippen LogP contribution in [0.5, 0.6) is 0 Å². The molecule has 0 radical (unpaired) electrons. The van der Waals surface area contributed by atoms with Gasteiger partial charge in [-0.2, -0.15) is 0 Å². The van der Waals surface area contributed by atoms with Gasteiger partial charge in [0.1, 0.15) is 0 Å². The van der Waals surface area contributed by atoms with Gasteiger partial charge in [0.25, 0.3) is 5.91 Å². The number of nitrogens with one attached hydrogen (secondary N) is 1. The summed E-state index contributed by atoms with van der Waals surface area (Å²) in [7, 11) is 0. The molecule has 1 heterocycles. The molecule has 0 aliphatic carbocycles. The average Bonchev–Trinajstić information content (AvgIpc) is 2.48. The first kappa shape index (κ1) is 15.5. The second kappa shape index (κ2) is 7.25. The Balaban J connectivity index is 1.80. The normalized spacial score (nSPS) is 17.3. The minimum atomic E-state index is -0.149. The van der Waals surface area contributed by atoms with Crippen molar-refractivity contribution >= 4 is 11.8 Å². The number of carbonyl (C=O) groups excluding carboxylic acids is 2. The fourth-order valence-electron chi connectivity index (χ4n) is 2.60. The van der Waals surface area contributed by atoms with E-state index in [0.29, 0.717) is 17.9 Å². The fraction of sp³-hybridized carbons (Fsp3) is 0.529. The molecule has 1 aromatic rings. The minimum absolute atomic E-state index is 0.122. The summed E-state index contributed by atoms with van der Waals surface area (Å²) < 4.78 is 0. The number of benzene rings is 1. The van der Waals surface area contributed by atoms with Crippen LogP contribution >= 0.6 is 0 Å². The van der Waals surface area contributed by atoms with Gasteiger partial charge in [-0.1, -0.05) is 25.1 Å². The molecule has 1 N–H and O–H groups in total. The van der Waals surface area contributed by atoms with Crippen molar-refractivity contribution in [3.8, 4) is 0 Å². The van der Waals surface area contributed by atoms with Crippen LogP contribution in [0.2, 0.25) is 0 Å². The van der Waals surface area contributed by atoms with E-state index in [9.17, 15) is 9.59 Å². The molecule has 1 fully saturated rings. The van der Waals surface area contributed by atoms with E-state index in [0.717, 1.165) is 25.9 Å². The molecule has 21 heavy (non-hydrogen) atoms. The largest absolute Gasteiger partial charge is 0.349 e. The molecule has 0 bridgehead atoms. The molecule has 2 rings (SSSR count). The number of nitrogens with zero attached hydrogens (tertiary/aromatic N) is 1. The lowest BCUT2D eigenvalue weighted by Crippen LogP contribution is -2.42. The summed E-state index contributed by atoms with van der Waals surface area (Å²) in [6, 6.07) is 8.94. The van der Waals surface area contributed by atoms with Crippen molar-refractivity contribution in [2.24, 2.45) is 5.92 Å². The number of piperidine rings is 1. The van der Waals surface area contributed by atoms with Gasteiger partial charge in [-0.05, 0) is 37.8 Å². The van der Waals surface area contributed by atoms with Gasteiger partial charge < -0.3 is 10.2 Å². The molecule has 114 valence electrons. The Hall–Kier alpha value is -1.84. The molecule has 1 aliphatic rings. The first-order valence-corrected chi connectivity index (χ1v) is 7.70. The Bertz CT molecular complexity index is 479. The third-order valence-electron chi connectivity index (χ3n) is 4.03. The van der Waals surface area contributed by atoms with Crippen LogP contribution < -0.4 is 5.32 Å². The third-order valence-corrected chi connectivity index (χ3v) is 4.03. The lowest BCUT2D eigenvalue weighted by atomic mass is 9.99. The zero-order valence-corrected chi connectivity index (χ0v) is 12.8. The van der Waals surface area contributed by atoms with E-state index in [1.54, 1.807) is 12.1 Å². The Morgan fingerprint density at radius 3 is 2.48 bits per heavy atom. The van der Waals surface area contributed by atoms with Crippen LogP contribution in [0.25, 0.3) is 0 Å². The van der Waals surface area contributed by atoms with Crippen LogP contribution in [0.1, 0.15) is 43.5 Å². The standard InChI is InChI=1S/C17H24N2O2/c1-13-8-10-19(11-9-13)16(20)12-14(2)18-17(21)15-6-4-3-5-7-15/h3-7,13-14H,8-12H2,1-2H3,(H,18,21)/t14-/m0/s1. The first-order chi connectivity index (χ1) is 10.1. The van der Waals surface area contributed by atoms with Gasteiger partial charge in [0, 0.05) is 31.1 Å². The lowest BCUT2D eigenvalue weighted by Gasteiger charge is -2.31. The molecular formula is C17H24N2O2. The highest BCUT2D eigenvalue weighted by Gasteiger charge is 2.22. The minimum Gasteiger partial charge on any atom is -0.349 e. The smallest absolute Gasteiger partial charge is 0.251 e. The molecule has 1 aliphatic heterocycles.